The van der Waals surface area contributed by atoms with Crippen LogP contribution < -0.4 is 4.90 Å². The van der Waals surface area contributed by atoms with Crippen LogP contribution in [-0.2, 0) is 10.8 Å². The minimum atomic E-state index is -0.646. The molecule has 1 atom stereocenters. The summed E-state index contributed by atoms with van der Waals surface area (Å²) in [7, 11) is -0.646. The van der Waals surface area contributed by atoms with Crippen LogP contribution in [0.5, 0.6) is 0 Å². The van der Waals surface area contributed by atoms with E-state index in [0.717, 1.165) is 36.1 Å². The van der Waals surface area contributed by atoms with Gasteiger partial charge in [0.2, 0.25) is 5.13 Å². The van der Waals surface area contributed by atoms with Crippen LogP contribution in [0.4, 0.5) is 5.13 Å². The van der Waals surface area contributed by atoms with Crippen LogP contribution in [0, 0.1) is 3.95 Å². The van der Waals surface area contributed by atoms with Crippen LogP contribution in [0.2, 0.25) is 0 Å². The summed E-state index contributed by atoms with van der Waals surface area (Å²) in [5.74, 6) is 1.55. The number of aromatic nitrogens is 2. The molecular weight excluding hydrogens is 238 g/mol. The number of H-pyrrole nitrogens is 1. The van der Waals surface area contributed by atoms with E-state index >= 15 is 0 Å². The highest BCUT2D eigenvalue weighted by molar-refractivity contribution is 7.85. The molecule has 0 bridgehead atoms. The molecule has 14 heavy (non-hydrogen) atoms. The van der Waals surface area contributed by atoms with Crippen LogP contribution in [0.3, 0.4) is 0 Å². The SMILES string of the molecule is O=S1CCCN(c2n[nH]c(=S)s2)CC1. The molecule has 0 spiro atoms. The molecule has 2 heterocycles. The van der Waals surface area contributed by atoms with Crippen molar-refractivity contribution < 1.29 is 4.21 Å². The lowest BCUT2D eigenvalue weighted by Gasteiger charge is -2.17. The molecule has 0 radical (unpaired) electrons. The maximum Gasteiger partial charge on any atom is 0.206 e. The summed E-state index contributed by atoms with van der Waals surface area (Å²) in [6.07, 6.45) is 0.971. The van der Waals surface area contributed by atoms with Crippen LogP contribution in [-0.4, -0.2) is 39.0 Å². The number of aromatic amines is 1. The zero-order valence-electron chi connectivity index (χ0n) is 7.56. The third-order valence-corrected chi connectivity index (χ3v) is 4.62. The van der Waals surface area contributed by atoms with Crippen molar-refractivity contribution in [3.8, 4) is 0 Å². The third-order valence-electron chi connectivity index (χ3n) is 2.09. The average Bonchev–Trinajstić information content (AvgIpc) is 2.46. The van der Waals surface area contributed by atoms with E-state index in [-0.39, 0.29) is 0 Å². The second kappa shape index (κ2) is 4.50. The molecule has 4 nitrogen and oxygen atoms in total. The summed E-state index contributed by atoms with van der Waals surface area (Å²) in [6, 6.07) is 0. The largest absolute Gasteiger partial charge is 0.346 e. The molecule has 1 saturated heterocycles. The first-order valence-corrected chi connectivity index (χ1v) is 7.12. The molecule has 1 N–H and O–H groups in total. The van der Waals surface area contributed by atoms with Crippen molar-refractivity contribution in [2.75, 3.05) is 29.5 Å². The first-order valence-electron chi connectivity index (χ1n) is 4.41. The molecular formula is C7H11N3OS3. The highest BCUT2D eigenvalue weighted by atomic mass is 32.2. The summed E-state index contributed by atoms with van der Waals surface area (Å²) in [5.41, 5.74) is 0. The maximum atomic E-state index is 11.3. The summed E-state index contributed by atoms with van der Waals surface area (Å²) in [5, 5.41) is 7.81. The average molecular weight is 249 g/mol. The lowest BCUT2D eigenvalue weighted by Crippen LogP contribution is -2.25. The van der Waals surface area contributed by atoms with E-state index in [4.69, 9.17) is 12.2 Å². The predicted octanol–water partition coefficient (Wildman–Crippen LogP) is 1.16. The summed E-state index contributed by atoms with van der Waals surface area (Å²) < 4.78 is 12.0. The van der Waals surface area contributed by atoms with Gasteiger partial charge in [0.25, 0.3) is 0 Å². The van der Waals surface area contributed by atoms with Crippen LogP contribution in [0.1, 0.15) is 6.42 Å². The molecule has 0 aliphatic carbocycles. The highest BCUT2D eigenvalue weighted by Gasteiger charge is 2.15. The van der Waals surface area contributed by atoms with Gasteiger partial charge in [0, 0.05) is 35.4 Å². The molecule has 1 aromatic heterocycles. The van der Waals surface area contributed by atoms with Gasteiger partial charge in [-0.25, -0.2) is 0 Å². The Balaban J connectivity index is 2.11. The Labute approximate surface area is 93.8 Å². The third kappa shape index (κ3) is 2.40. The van der Waals surface area contributed by atoms with Gasteiger partial charge in [0.05, 0.1) is 0 Å². The van der Waals surface area contributed by atoms with Gasteiger partial charge in [-0.3, -0.25) is 9.31 Å². The van der Waals surface area contributed by atoms with Crippen LogP contribution in [0.25, 0.3) is 0 Å². The van der Waals surface area contributed by atoms with Gasteiger partial charge in [-0.2, -0.15) is 0 Å². The van der Waals surface area contributed by atoms with Gasteiger partial charge < -0.3 is 4.90 Å². The van der Waals surface area contributed by atoms with E-state index in [0.29, 0.717) is 3.95 Å². The topological polar surface area (TPSA) is 49.0 Å². The molecule has 7 heteroatoms. The quantitative estimate of drug-likeness (QED) is 0.759. The van der Waals surface area contributed by atoms with Crippen molar-refractivity contribution in [2.24, 2.45) is 0 Å². The smallest absolute Gasteiger partial charge is 0.206 e. The number of hydrogen-bond acceptors (Lipinski definition) is 5. The standard InChI is InChI=1S/C7H11N3OS3/c11-14-4-1-2-10(3-5-14)6-8-9-7(12)13-6/h1-5H2,(H,9,12). The summed E-state index contributed by atoms with van der Waals surface area (Å²) in [4.78, 5) is 2.15. The maximum absolute atomic E-state index is 11.3. The molecule has 1 unspecified atom stereocenters. The number of rotatable bonds is 1. The van der Waals surface area contributed by atoms with Crippen molar-refractivity contribution in [2.45, 2.75) is 6.42 Å². The minimum Gasteiger partial charge on any atom is -0.346 e. The Morgan fingerprint density at radius 2 is 2.36 bits per heavy atom. The number of nitrogens with one attached hydrogen (secondary N) is 1. The molecule has 1 aliphatic heterocycles. The van der Waals surface area contributed by atoms with Gasteiger partial charge in [0.15, 0.2) is 3.95 Å². The van der Waals surface area contributed by atoms with Crippen molar-refractivity contribution >= 4 is 39.5 Å². The lowest BCUT2D eigenvalue weighted by atomic mass is 10.4. The summed E-state index contributed by atoms with van der Waals surface area (Å²) >= 11 is 6.45. The lowest BCUT2D eigenvalue weighted by molar-refractivity contribution is 0.683. The molecule has 0 saturated carbocycles. The molecule has 0 aromatic carbocycles. The fraction of sp³-hybridized carbons (Fsp3) is 0.714. The first kappa shape index (κ1) is 10.3. The van der Waals surface area contributed by atoms with Crippen LogP contribution >= 0.6 is 23.6 Å². The van der Waals surface area contributed by atoms with E-state index in [2.05, 4.69) is 15.1 Å². The normalized spacial score (nSPS) is 23.4. The van der Waals surface area contributed by atoms with E-state index in [9.17, 15) is 4.21 Å². The van der Waals surface area contributed by atoms with Crippen molar-refractivity contribution in [3.05, 3.63) is 3.95 Å². The number of hydrogen-bond donors (Lipinski definition) is 1. The van der Waals surface area contributed by atoms with Gasteiger partial charge in [-0.05, 0) is 18.6 Å². The fourth-order valence-corrected chi connectivity index (χ4v) is 3.40. The first-order chi connectivity index (χ1) is 6.75. The van der Waals surface area contributed by atoms with Crippen molar-refractivity contribution in [1.29, 1.82) is 0 Å². The molecule has 1 aliphatic rings. The number of anilines is 1. The predicted molar refractivity (Wildman–Crippen MR) is 62.0 cm³/mol. The fourth-order valence-electron chi connectivity index (χ4n) is 1.39. The monoisotopic (exact) mass is 249 g/mol. The Kier molecular flexibility index (Phi) is 3.30. The van der Waals surface area contributed by atoms with E-state index in [1.54, 1.807) is 0 Å². The van der Waals surface area contributed by atoms with E-state index in [1.165, 1.54) is 11.3 Å². The molecule has 2 rings (SSSR count). The second-order valence-corrected chi connectivity index (χ2v) is 6.42. The molecule has 0 amide bonds. The van der Waals surface area contributed by atoms with Gasteiger partial charge >= 0.3 is 0 Å². The Morgan fingerprint density at radius 3 is 3.07 bits per heavy atom. The zero-order chi connectivity index (χ0) is 9.97. The molecule has 1 aromatic rings. The minimum absolute atomic E-state index is 0.646. The molecule has 78 valence electrons. The zero-order valence-corrected chi connectivity index (χ0v) is 10.0. The highest BCUT2D eigenvalue weighted by Crippen LogP contribution is 2.18. The van der Waals surface area contributed by atoms with Gasteiger partial charge in [0.1, 0.15) is 0 Å². The van der Waals surface area contributed by atoms with Gasteiger partial charge in [-0.1, -0.05) is 11.3 Å². The summed E-state index contributed by atoms with van der Waals surface area (Å²) in [6.45, 7) is 1.75. The second-order valence-electron chi connectivity index (χ2n) is 3.08. The Morgan fingerprint density at radius 1 is 1.50 bits per heavy atom. The van der Waals surface area contributed by atoms with Crippen molar-refractivity contribution in [3.63, 3.8) is 0 Å². The number of nitrogens with zero attached hydrogens (tertiary/aromatic N) is 2. The van der Waals surface area contributed by atoms with Crippen LogP contribution in [0.15, 0.2) is 0 Å². The Hall–Kier alpha value is -0.270. The van der Waals surface area contributed by atoms with Gasteiger partial charge in [-0.15, -0.1) is 5.10 Å². The molecule has 1 fully saturated rings. The van der Waals surface area contributed by atoms with E-state index < -0.39 is 10.8 Å². The van der Waals surface area contributed by atoms with E-state index in [1.807, 2.05) is 0 Å². The van der Waals surface area contributed by atoms with Crippen molar-refractivity contribution in [1.82, 2.24) is 10.2 Å². The Bertz CT molecular complexity index is 386.